The van der Waals surface area contributed by atoms with Crippen molar-refractivity contribution >= 4 is 64.6 Å². The number of hydrogen-bond donors (Lipinski definition) is 0. The maximum absolute atomic E-state index is 2.65. The zero-order chi connectivity index (χ0) is 46.0. The lowest BCUT2D eigenvalue weighted by atomic mass is 9.68. The summed E-state index contributed by atoms with van der Waals surface area (Å²) in [7, 11) is 0. The fourth-order valence-corrected chi connectivity index (χ4v) is 14.3. The van der Waals surface area contributed by atoms with E-state index in [1.807, 2.05) is 0 Å². The third-order valence-electron chi connectivity index (χ3n) is 17.0. The number of benzene rings is 13. The average molecular weight is 885 g/mol. The highest BCUT2D eigenvalue weighted by Crippen LogP contribution is 2.67. The fourth-order valence-electron chi connectivity index (χ4n) is 14.3. The molecule has 0 radical (unpaired) electrons. The van der Waals surface area contributed by atoms with Gasteiger partial charge in [-0.1, -0.05) is 232 Å². The van der Waals surface area contributed by atoms with Gasteiger partial charge in [0.05, 0.1) is 5.41 Å². The highest BCUT2D eigenvalue weighted by atomic mass is 14.5. The largest absolute Gasteiger partial charge is 0.0732 e. The molecule has 0 fully saturated rings. The van der Waals surface area contributed by atoms with Gasteiger partial charge in [0, 0.05) is 5.41 Å². The summed E-state index contributed by atoms with van der Waals surface area (Å²) in [5, 5.41) is 15.5. The number of rotatable bonds is 2. The zero-order valence-corrected chi connectivity index (χ0v) is 38.9. The van der Waals surface area contributed by atoms with Crippen molar-refractivity contribution in [1.82, 2.24) is 0 Å². The molecular formula is C70H44. The van der Waals surface area contributed by atoms with E-state index in [2.05, 4.69) is 244 Å². The maximum Gasteiger partial charge on any atom is 0.0732 e. The normalized spacial score (nSPS) is 14.4. The average Bonchev–Trinajstić information content (AvgIpc) is 4.00. The molecule has 0 nitrogen and oxygen atoms in total. The van der Waals surface area contributed by atoms with Gasteiger partial charge in [-0.2, -0.15) is 0 Å². The van der Waals surface area contributed by atoms with Crippen LogP contribution in [0.2, 0.25) is 0 Å². The predicted molar refractivity (Wildman–Crippen MR) is 296 cm³/mol. The Labute approximate surface area is 406 Å². The molecule has 3 aliphatic carbocycles. The maximum atomic E-state index is 2.65. The van der Waals surface area contributed by atoms with Crippen LogP contribution in [0.5, 0.6) is 0 Å². The van der Waals surface area contributed by atoms with Crippen LogP contribution in [-0.4, -0.2) is 0 Å². The van der Waals surface area contributed by atoms with Crippen molar-refractivity contribution in [2.75, 3.05) is 0 Å². The topological polar surface area (TPSA) is 0 Å². The SMILES string of the molecule is CC1(C)c2ccccc2-c2c1cc(-c1c3ccccc3c(-c3cc4c(c5ccccc35)-c3c(c5ccccc5c5ccccc35)C43c4ccccc4-c4ccccc43)c3ccccc13)c1ccccc21. The van der Waals surface area contributed by atoms with Crippen LogP contribution in [0.15, 0.2) is 231 Å². The van der Waals surface area contributed by atoms with E-state index >= 15 is 0 Å². The second-order valence-corrected chi connectivity index (χ2v) is 20.5. The first-order valence-electron chi connectivity index (χ1n) is 24.9. The van der Waals surface area contributed by atoms with Gasteiger partial charge in [0.25, 0.3) is 0 Å². The van der Waals surface area contributed by atoms with Crippen molar-refractivity contribution in [2.45, 2.75) is 24.7 Å². The summed E-state index contributed by atoms with van der Waals surface area (Å²) in [4.78, 5) is 0. The summed E-state index contributed by atoms with van der Waals surface area (Å²) in [6, 6.07) is 88.1. The molecule has 0 N–H and O–H groups in total. The highest BCUT2D eigenvalue weighted by Gasteiger charge is 2.54. The summed E-state index contributed by atoms with van der Waals surface area (Å²) in [5.41, 5.74) is 20.8. The molecule has 16 rings (SSSR count). The van der Waals surface area contributed by atoms with Gasteiger partial charge < -0.3 is 0 Å². The summed E-state index contributed by atoms with van der Waals surface area (Å²) >= 11 is 0. The molecule has 70 heavy (non-hydrogen) atoms. The Hall–Kier alpha value is -8.58. The quantitative estimate of drug-likeness (QED) is 0.120. The van der Waals surface area contributed by atoms with Crippen LogP contribution in [0.3, 0.4) is 0 Å². The van der Waals surface area contributed by atoms with E-state index in [-0.39, 0.29) is 5.41 Å². The lowest BCUT2D eigenvalue weighted by Gasteiger charge is -2.32. The molecule has 13 aromatic carbocycles. The molecule has 324 valence electrons. The van der Waals surface area contributed by atoms with E-state index in [9.17, 15) is 0 Å². The van der Waals surface area contributed by atoms with Crippen molar-refractivity contribution in [2.24, 2.45) is 0 Å². The summed E-state index contributed by atoms with van der Waals surface area (Å²) < 4.78 is 0. The Morgan fingerprint density at radius 2 is 0.543 bits per heavy atom. The van der Waals surface area contributed by atoms with Crippen LogP contribution in [0.25, 0.3) is 120 Å². The molecule has 3 aliphatic rings. The number of fused-ring (bicyclic) bond motifs is 24. The molecule has 0 saturated heterocycles. The van der Waals surface area contributed by atoms with Gasteiger partial charge in [0.15, 0.2) is 0 Å². The zero-order valence-electron chi connectivity index (χ0n) is 38.9. The van der Waals surface area contributed by atoms with Gasteiger partial charge in [-0.15, -0.1) is 0 Å². The van der Waals surface area contributed by atoms with Gasteiger partial charge in [0.2, 0.25) is 0 Å². The highest BCUT2D eigenvalue weighted by molar-refractivity contribution is 6.29. The van der Waals surface area contributed by atoms with Crippen LogP contribution in [-0.2, 0) is 10.8 Å². The fraction of sp³-hybridized carbons (Fsp3) is 0.0571. The molecule has 0 aromatic heterocycles. The van der Waals surface area contributed by atoms with Crippen LogP contribution in [0.4, 0.5) is 0 Å². The molecule has 0 aliphatic heterocycles. The minimum atomic E-state index is -0.570. The summed E-state index contributed by atoms with van der Waals surface area (Å²) in [6.07, 6.45) is 0. The predicted octanol–water partition coefficient (Wildman–Crippen LogP) is 18.6. The van der Waals surface area contributed by atoms with Crippen molar-refractivity contribution < 1.29 is 0 Å². The third-order valence-corrected chi connectivity index (χ3v) is 17.0. The van der Waals surface area contributed by atoms with Gasteiger partial charge in [-0.25, -0.2) is 0 Å². The minimum absolute atomic E-state index is 0.152. The molecule has 0 saturated carbocycles. The Morgan fingerprint density at radius 1 is 0.214 bits per heavy atom. The molecule has 0 unspecified atom stereocenters. The van der Waals surface area contributed by atoms with Gasteiger partial charge in [0.1, 0.15) is 0 Å². The monoisotopic (exact) mass is 884 g/mol. The Balaban J connectivity index is 1.08. The van der Waals surface area contributed by atoms with E-state index in [1.54, 1.807) is 0 Å². The number of hydrogen-bond acceptors (Lipinski definition) is 0. The van der Waals surface area contributed by atoms with Crippen molar-refractivity contribution in [1.29, 1.82) is 0 Å². The first kappa shape index (κ1) is 38.4. The Bertz CT molecular complexity index is 4400. The van der Waals surface area contributed by atoms with Gasteiger partial charge >= 0.3 is 0 Å². The van der Waals surface area contributed by atoms with E-state index in [0.717, 1.165) is 0 Å². The van der Waals surface area contributed by atoms with Crippen molar-refractivity contribution in [3.63, 3.8) is 0 Å². The lowest BCUT2D eigenvalue weighted by molar-refractivity contribution is 0.661. The van der Waals surface area contributed by atoms with Gasteiger partial charge in [-0.05, 0) is 166 Å². The second kappa shape index (κ2) is 13.6. The van der Waals surface area contributed by atoms with E-state index in [4.69, 9.17) is 0 Å². The van der Waals surface area contributed by atoms with E-state index < -0.39 is 5.41 Å². The van der Waals surface area contributed by atoms with Crippen LogP contribution >= 0.6 is 0 Å². The Kier molecular flexibility index (Phi) is 7.44. The van der Waals surface area contributed by atoms with Crippen LogP contribution < -0.4 is 0 Å². The molecule has 0 amide bonds. The molecule has 1 spiro atoms. The molecular weight excluding hydrogens is 841 g/mol. The molecule has 0 atom stereocenters. The first-order valence-corrected chi connectivity index (χ1v) is 24.9. The standard InChI is InChI=1S/C70H44/c1-69(2)58-36-18-17-35-55(58)65-47-27-7-4-23-43(47)56(39-61(65)69)63-50-30-10-12-32-52(50)64(53-33-13-11-31-51(53)63)57-40-62-66(48-28-8-5-24-44(48)57)67-49-29-9-3-21-41(49)42-22-6-14-34-54(42)68(67)70(62)59-37-19-15-25-45(59)46-26-16-20-38-60(46)70/h3-40H,1-2H3. The summed E-state index contributed by atoms with van der Waals surface area (Å²) in [5.74, 6) is 0. The van der Waals surface area contributed by atoms with Crippen molar-refractivity contribution in [3.8, 4) is 55.6 Å². The third kappa shape index (κ3) is 4.58. The molecule has 0 bridgehead atoms. The minimum Gasteiger partial charge on any atom is -0.0619 e. The molecule has 0 heterocycles. The molecule has 13 aromatic rings. The van der Waals surface area contributed by atoms with Crippen LogP contribution in [0, 0.1) is 0 Å². The second-order valence-electron chi connectivity index (χ2n) is 20.5. The van der Waals surface area contributed by atoms with Crippen LogP contribution in [0.1, 0.15) is 47.2 Å². The molecule has 0 heteroatoms. The first-order chi connectivity index (χ1) is 34.5. The summed E-state index contributed by atoms with van der Waals surface area (Å²) in [6.45, 7) is 4.82. The Morgan fingerprint density at radius 3 is 1.04 bits per heavy atom. The van der Waals surface area contributed by atoms with Crippen molar-refractivity contribution in [3.05, 3.63) is 264 Å². The van der Waals surface area contributed by atoms with Gasteiger partial charge in [-0.3, -0.25) is 0 Å². The van der Waals surface area contributed by atoms with E-state index in [1.165, 1.54) is 154 Å². The lowest BCUT2D eigenvalue weighted by Crippen LogP contribution is -2.26. The smallest absolute Gasteiger partial charge is 0.0619 e. The van der Waals surface area contributed by atoms with E-state index in [0.29, 0.717) is 0 Å².